The van der Waals surface area contributed by atoms with Gasteiger partial charge in [0, 0.05) is 30.9 Å². The van der Waals surface area contributed by atoms with Gasteiger partial charge in [-0.3, -0.25) is 24.1 Å². The third-order valence-electron chi connectivity index (χ3n) is 4.43. The highest BCUT2D eigenvalue weighted by Crippen LogP contribution is 2.22. The van der Waals surface area contributed by atoms with Crippen LogP contribution in [0.25, 0.3) is 0 Å². The smallest absolute Gasteiger partial charge is 0.308 e. The Morgan fingerprint density at radius 1 is 1.06 bits per heavy atom. The number of sulfonamides is 1. The molecule has 0 saturated heterocycles. The summed E-state index contributed by atoms with van der Waals surface area (Å²) in [5, 5.41) is 2.57. The highest BCUT2D eigenvalue weighted by atomic mass is 32.2. The maximum Gasteiger partial charge on any atom is 0.308 e. The normalized spacial score (nSPS) is 14.9. The summed E-state index contributed by atoms with van der Waals surface area (Å²) in [6.45, 7) is -0.489. The number of ether oxygens (including phenoxy) is 1. The zero-order valence-electron chi connectivity index (χ0n) is 17.5. The fraction of sp³-hybridized carbons (Fsp3) is 0.238. The van der Waals surface area contributed by atoms with Crippen molar-refractivity contribution in [2.45, 2.75) is 11.3 Å². The minimum atomic E-state index is -3.64. The maximum atomic E-state index is 12.0. The number of amidine groups is 1. The number of aliphatic imine (C=N–C) groups is 1. The van der Waals surface area contributed by atoms with Gasteiger partial charge in [-0.05, 0) is 36.4 Å². The molecule has 1 heterocycles. The lowest BCUT2D eigenvalue weighted by atomic mass is 10.2. The lowest BCUT2D eigenvalue weighted by Gasteiger charge is -2.11. The lowest BCUT2D eigenvalue weighted by molar-refractivity contribution is -0.147. The fourth-order valence-electron chi connectivity index (χ4n) is 2.88. The van der Waals surface area contributed by atoms with Crippen molar-refractivity contribution in [2.75, 3.05) is 32.6 Å². The molecule has 32 heavy (non-hydrogen) atoms. The van der Waals surface area contributed by atoms with Crippen molar-refractivity contribution < 1.29 is 27.5 Å². The molecule has 1 aliphatic heterocycles. The van der Waals surface area contributed by atoms with Crippen molar-refractivity contribution in [2.24, 2.45) is 4.99 Å². The van der Waals surface area contributed by atoms with Gasteiger partial charge < -0.3 is 15.0 Å². The van der Waals surface area contributed by atoms with E-state index < -0.39 is 28.5 Å². The van der Waals surface area contributed by atoms with E-state index in [0.29, 0.717) is 16.8 Å². The first-order valence-corrected chi connectivity index (χ1v) is 11.1. The monoisotopic (exact) mass is 458 g/mol. The standard InChI is InChI=1S/C21H22N4O6S/c1-25(2)21(28)14-7-9-15(10-8-14)23-18(26)13-31-19(27)11-12-22-20-16-5-3-4-6-17(16)32(29,30)24-20/h3-10H,11-13H2,1-2H3,(H,22,24)(H,23,26). The van der Waals surface area contributed by atoms with Crippen LogP contribution in [0.3, 0.4) is 0 Å². The van der Waals surface area contributed by atoms with E-state index in [1.165, 1.54) is 11.0 Å². The van der Waals surface area contributed by atoms with Crippen LogP contribution in [0.4, 0.5) is 5.69 Å². The highest BCUT2D eigenvalue weighted by Gasteiger charge is 2.29. The molecule has 0 spiro atoms. The second-order valence-corrected chi connectivity index (χ2v) is 8.72. The van der Waals surface area contributed by atoms with Crippen LogP contribution in [0.2, 0.25) is 0 Å². The van der Waals surface area contributed by atoms with Gasteiger partial charge in [-0.2, -0.15) is 0 Å². The van der Waals surface area contributed by atoms with Gasteiger partial charge in [-0.15, -0.1) is 0 Å². The number of nitrogens with one attached hydrogen (secondary N) is 2. The van der Waals surface area contributed by atoms with E-state index in [0.717, 1.165) is 0 Å². The molecule has 0 fully saturated rings. The predicted molar refractivity (Wildman–Crippen MR) is 117 cm³/mol. The Morgan fingerprint density at radius 2 is 1.75 bits per heavy atom. The Hall–Kier alpha value is -3.73. The molecular weight excluding hydrogens is 436 g/mol. The average molecular weight is 458 g/mol. The van der Waals surface area contributed by atoms with Gasteiger partial charge in [-0.25, -0.2) is 8.42 Å². The van der Waals surface area contributed by atoms with Crippen molar-refractivity contribution in [1.82, 2.24) is 9.62 Å². The molecule has 1 aliphatic rings. The van der Waals surface area contributed by atoms with Crippen LogP contribution in [0.5, 0.6) is 0 Å². The van der Waals surface area contributed by atoms with Crippen LogP contribution in [0, 0.1) is 0 Å². The molecule has 0 bridgehead atoms. The molecule has 0 saturated carbocycles. The number of hydrogen-bond donors (Lipinski definition) is 2. The van der Waals surface area contributed by atoms with Crippen LogP contribution in [-0.2, 0) is 24.3 Å². The average Bonchev–Trinajstić information content (AvgIpc) is 3.02. The minimum absolute atomic E-state index is 0.00595. The quantitative estimate of drug-likeness (QED) is 0.595. The lowest BCUT2D eigenvalue weighted by Crippen LogP contribution is -2.23. The molecule has 2 N–H and O–H groups in total. The molecule has 10 nitrogen and oxygen atoms in total. The highest BCUT2D eigenvalue weighted by molar-refractivity contribution is 7.90. The van der Waals surface area contributed by atoms with Gasteiger partial charge in [0.15, 0.2) is 6.61 Å². The molecule has 0 aliphatic carbocycles. The van der Waals surface area contributed by atoms with Gasteiger partial charge in [0.1, 0.15) is 5.84 Å². The third-order valence-corrected chi connectivity index (χ3v) is 5.83. The van der Waals surface area contributed by atoms with Gasteiger partial charge >= 0.3 is 5.97 Å². The summed E-state index contributed by atoms with van der Waals surface area (Å²) in [7, 11) is -0.355. The number of esters is 1. The van der Waals surface area contributed by atoms with E-state index in [1.807, 2.05) is 0 Å². The maximum absolute atomic E-state index is 12.0. The number of benzene rings is 2. The van der Waals surface area contributed by atoms with Crippen LogP contribution < -0.4 is 10.0 Å². The van der Waals surface area contributed by atoms with Gasteiger partial charge in [0.05, 0.1) is 17.9 Å². The number of carbonyl (C=O) groups is 3. The summed E-state index contributed by atoms with van der Waals surface area (Å²) in [6.07, 6.45) is -0.123. The van der Waals surface area contributed by atoms with E-state index in [9.17, 15) is 22.8 Å². The molecule has 0 radical (unpaired) electrons. The molecule has 168 valence electrons. The van der Waals surface area contributed by atoms with E-state index >= 15 is 0 Å². The van der Waals surface area contributed by atoms with Gasteiger partial charge in [-0.1, -0.05) is 12.1 Å². The van der Waals surface area contributed by atoms with Crippen molar-refractivity contribution in [3.8, 4) is 0 Å². The number of anilines is 1. The Balaban J connectivity index is 1.45. The van der Waals surface area contributed by atoms with Crippen molar-refractivity contribution >= 4 is 39.3 Å². The third kappa shape index (κ3) is 5.49. The molecule has 2 aromatic rings. The molecule has 0 unspecified atom stereocenters. The topological polar surface area (TPSA) is 134 Å². The largest absolute Gasteiger partial charge is 0.456 e. The summed E-state index contributed by atoms with van der Waals surface area (Å²) in [6, 6.07) is 12.7. The molecule has 0 aromatic heterocycles. The fourth-order valence-corrected chi connectivity index (χ4v) is 4.13. The van der Waals surface area contributed by atoms with Gasteiger partial charge in [0.25, 0.3) is 21.8 Å². The summed E-state index contributed by atoms with van der Waals surface area (Å²) in [4.78, 5) is 41.4. The Morgan fingerprint density at radius 3 is 2.44 bits per heavy atom. The summed E-state index contributed by atoms with van der Waals surface area (Å²) >= 11 is 0. The second-order valence-electron chi connectivity index (χ2n) is 7.07. The Kier molecular flexibility index (Phi) is 6.89. The molecule has 3 rings (SSSR count). The zero-order valence-corrected chi connectivity index (χ0v) is 18.3. The molecule has 11 heteroatoms. The number of fused-ring (bicyclic) bond motifs is 1. The van der Waals surface area contributed by atoms with E-state index in [1.54, 1.807) is 56.6 Å². The first-order chi connectivity index (χ1) is 15.2. The number of nitrogens with zero attached hydrogens (tertiary/aromatic N) is 2. The number of amides is 2. The summed E-state index contributed by atoms with van der Waals surface area (Å²) in [5.74, 6) is -1.17. The van der Waals surface area contributed by atoms with Crippen LogP contribution in [0.1, 0.15) is 22.3 Å². The zero-order chi connectivity index (χ0) is 23.3. The second kappa shape index (κ2) is 9.60. The Labute approximate surface area is 185 Å². The van der Waals surface area contributed by atoms with Crippen molar-refractivity contribution in [1.29, 1.82) is 0 Å². The van der Waals surface area contributed by atoms with E-state index in [2.05, 4.69) is 15.0 Å². The predicted octanol–water partition coefficient (Wildman–Crippen LogP) is 0.999. The number of carbonyl (C=O) groups excluding carboxylic acids is 3. The van der Waals surface area contributed by atoms with Crippen LogP contribution in [0.15, 0.2) is 58.4 Å². The molecular formula is C21H22N4O6S. The van der Waals surface area contributed by atoms with Crippen molar-refractivity contribution in [3.63, 3.8) is 0 Å². The first-order valence-electron chi connectivity index (χ1n) is 9.61. The molecule has 2 aromatic carbocycles. The molecule has 2 amide bonds. The van der Waals surface area contributed by atoms with E-state index in [-0.39, 0.29) is 29.6 Å². The van der Waals surface area contributed by atoms with Crippen LogP contribution >= 0.6 is 0 Å². The number of hydrogen-bond acceptors (Lipinski definition) is 7. The molecule has 0 atom stereocenters. The first kappa shape index (κ1) is 22.9. The summed E-state index contributed by atoms with van der Waals surface area (Å²) < 4.78 is 31.3. The minimum Gasteiger partial charge on any atom is -0.456 e. The SMILES string of the molecule is CN(C)C(=O)c1ccc(NC(=O)COC(=O)CCN=C2NS(=O)(=O)c3ccccc32)cc1. The van der Waals surface area contributed by atoms with Crippen molar-refractivity contribution in [3.05, 3.63) is 59.7 Å². The van der Waals surface area contributed by atoms with Gasteiger partial charge in [0.2, 0.25) is 0 Å². The van der Waals surface area contributed by atoms with Crippen LogP contribution in [-0.4, -0.2) is 64.2 Å². The van der Waals surface area contributed by atoms with E-state index in [4.69, 9.17) is 4.74 Å². The number of rotatable bonds is 7. The Bertz CT molecular complexity index is 1170. The summed E-state index contributed by atoms with van der Waals surface area (Å²) in [5.41, 5.74) is 1.38.